The smallest absolute Gasteiger partial charge is 0.226 e. The first-order valence-corrected chi connectivity index (χ1v) is 4.93. The lowest BCUT2D eigenvalue weighted by Gasteiger charge is -2.16. The number of halogens is 2. The minimum Gasteiger partial charge on any atom is -0.344 e. The first-order chi connectivity index (χ1) is 7.56. The Labute approximate surface area is 92.8 Å². The summed E-state index contributed by atoms with van der Waals surface area (Å²) in [7, 11) is 1.55. The zero-order chi connectivity index (χ0) is 12.1. The molecule has 0 bridgehead atoms. The van der Waals surface area contributed by atoms with Gasteiger partial charge in [0.05, 0.1) is 6.42 Å². The molecule has 0 atom stereocenters. The number of nitrogens with two attached hydrogens (primary N) is 1. The predicted octanol–water partition coefficient (Wildman–Crippen LogP) is 0.924. The van der Waals surface area contributed by atoms with Gasteiger partial charge < -0.3 is 10.6 Å². The molecule has 0 radical (unpaired) electrons. The Morgan fingerprint density at radius 3 is 2.44 bits per heavy atom. The highest BCUT2D eigenvalue weighted by molar-refractivity contribution is 5.78. The average molecular weight is 228 g/mol. The van der Waals surface area contributed by atoms with Crippen LogP contribution in [0.1, 0.15) is 5.56 Å². The SMILES string of the molecule is CN(CCN)C(=O)Cc1c(F)cccc1F. The third-order valence-corrected chi connectivity index (χ3v) is 2.28. The van der Waals surface area contributed by atoms with E-state index in [2.05, 4.69) is 0 Å². The molecule has 0 saturated carbocycles. The van der Waals surface area contributed by atoms with Crippen LogP contribution in [-0.2, 0) is 11.2 Å². The van der Waals surface area contributed by atoms with Crippen LogP contribution in [0.15, 0.2) is 18.2 Å². The minimum absolute atomic E-state index is 0.198. The fourth-order valence-corrected chi connectivity index (χ4v) is 1.31. The van der Waals surface area contributed by atoms with Crippen LogP contribution in [-0.4, -0.2) is 30.9 Å². The van der Waals surface area contributed by atoms with Gasteiger partial charge in [-0.1, -0.05) is 6.07 Å². The van der Waals surface area contributed by atoms with E-state index >= 15 is 0 Å². The van der Waals surface area contributed by atoms with E-state index in [0.717, 1.165) is 12.1 Å². The molecule has 1 rings (SSSR count). The Hall–Kier alpha value is -1.49. The summed E-state index contributed by atoms with van der Waals surface area (Å²) in [5, 5.41) is 0. The van der Waals surface area contributed by atoms with Crippen molar-refractivity contribution in [1.29, 1.82) is 0 Å². The molecule has 0 heterocycles. The van der Waals surface area contributed by atoms with Gasteiger partial charge in [0, 0.05) is 25.7 Å². The summed E-state index contributed by atoms with van der Waals surface area (Å²) in [4.78, 5) is 12.9. The van der Waals surface area contributed by atoms with Gasteiger partial charge in [0.25, 0.3) is 0 Å². The van der Waals surface area contributed by atoms with Gasteiger partial charge in [-0.05, 0) is 12.1 Å². The second-order valence-corrected chi connectivity index (χ2v) is 3.48. The normalized spacial score (nSPS) is 10.2. The molecular formula is C11H14F2N2O. The number of likely N-dealkylation sites (N-methyl/N-ethyl adjacent to an activating group) is 1. The van der Waals surface area contributed by atoms with E-state index in [0.29, 0.717) is 13.1 Å². The molecular weight excluding hydrogens is 214 g/mol. The summed E-state index contributed by atoms with van der Waals surface area (Å²) in [5.74, 6) is -1.75. The van der Waals surface area contributed by atoms with Gasteiger partial charge in [-0.2, -0.15) is 0 Å². The summed E-state index contributed by atoms with van der Waals surface area (Å²) in [6.45, 7) is 0.691. The minimum atomic E-state index is -0.700. The van der Waals surface area contributed by atoms with Gasteiger partial charge in [-0.3, -0.25) is 4.79 Å². The average Bonchev–Trinajstić information content (AvgIpc) is 2.23. The summed E-state index contributed by atoms with van der Waals surface area (Å²) < 4.78 is 26.4. The molecule has 0 saturated heterocycles. The molecule has 0 spiro atoms. The number of carbonyl (C=O) groups is 1. The Morgan fingerprint density at radius 2 is 1.94 bits per heavy atom. The van der Waals surface area contributed by atoms with Crippen LogP contribution in [0.25, 0.3) is 0 Å². The molecule has 1 aromatic carbocycles. The molecule has 1 aromatic rings. The van der Waals surface area contributed by atoms with Crippen molar-refractivity contribution >= 4 is 5.91 Å². The molecule has 88 valence electrons. The van der Waals surface area contributed by atoms with Crippen LogP contribution >= 0.6 is 0 Å². The summed E-state index contributed by atoms with van der Waals surface area (Å²) in [5.41, 5.74) is 5.08. The maximum atomic E-state index is 13.2. The van der Waals surface area contributed by atoms with Crippen molar-refractivity contribution in [2.75, 3.05) is 20.1 Å². The fraction of sp³-hybridized carbons (Fsp3) is 0.364. The van der Waals surface area contributed by atoms with Crippen LogP contribution in [0.3, 0.4) is 0 Å². The van der Waals surface area contributed by atoms with Gasteiger partial charge in [0.1, 0.15) is 11.6 Å². The molecule has 0 aromatic heterocycles. The van der Waals surface area contributed by atoms with Crippen molar-refractivity contribution < 1.29 is 13.6 Å². The van der Waals surface area contributed by atoms with Crippen molar-refractivity contribution in [2.45, 2.75) is 6.42 Å². The van der Waals surface area contributed by atoms with E-state index in [-0.39, 0.29) is 17.9 Å². The van der Waals surface area contributed by atoms with E-state index in [1.54, 1.807) is 7.05 Å². The Kier molecular flexibility index (Phi) is 4.37. The molecule has 1 amide bonds. The number of rotatable bonds is 4. The number of nitrogens with zero attached hydrogens (tertiary/aromatic N) is 1. The molecule has 0 fully saturated rings. The molecule has 0 unspecified atom stereocenters. The van der Waals surface area contributed by atoms with E-state index in [9.17, 15) is 13.6 Å². The van der Waals surface area contributed by atoms with Crippen molar-refractivity contribution in [3.63, 3.8) is 0 Å². The van der Waals surface area contributed by atoms with Crippen LogP contribution in [0.2, 0.25) is 0 Å². The lowest BCUT2D eigenvalue weighted by Crippen LogP contribution is -2.33. The lowest BCUT2D eigenvalue weighted by atomic mass is 10.1. The van der Waals surface area contributed by atoms with Crippen molar-refractivity contribution in [3.05, 3.63) is 35.4 Å². The van der Waals surface area contributed by atoms with E-state index in [1.165, 1.54) is 11.0 Å². The van der Waals surface area contributed by atoms with Crippen molar-refractivity contribution in [3.8, 4) is 0 Å². The lowest BCUT2D eigenvalue weighted by molar-refractivity contribution is -0.129. The number of carbonyl (C=O) groups excluding carboxylic acids is 1. The highest BCUT2D eigenvalue weighted by atomic mass is 19.1. The van der Waals surface area contributed by atoms with E-state index in [1.807, 2.05) is 0 Å². The molecule has 5 heteroatoms. The molecule has 16 heavy (non-hydrogen) atoms. The molecule has 3 nitrogen and oxygen atoms in total. The summed E-state index contributed by atoms with van der Waals surface area (Å²) in [6.07, 6.45) is -0.283. The number of benzene rings is 1. The van der Waals surface area contributed by atoms with Gasteiger partial charge in [-0.15, -0.1) is 0 Å². The molecule has 2 N–H and O–H groups in total. The van der Waals surface area contributed by atoms with Crippen LogP contribution in [0.4, 0.5) is 8.78 Å². The summed E-state index contributed by atoms with van der Waals surface area (Å²) >= 11 is 0. The highest BCUT2D eigenvalue weighted by Gasteiger charge is 2.15. The standard InChI is InChI=1S/C11H14F2N2O/c1-15(6-5-14)11(16)7-8-9(12)3-2-4-10(8)13/h2-4H,5-7,14H2,1H3. The molecule has 0 aliphatic carbocycles. The second kappa shape index (κ2) is 5.55. The van der Waals surface area contributed by atoms with E-state index < -0.39 is 11.6 Å². The molecule has 0 aliphatic rings. The third-order valence-electron chi connectivity index (χ3n) is 2.28. The first kappa shape index (κ1) is 12.6. The fourth-order valence-electron chi connectivity index (χ4n) is 1.31. The largest absolute Gasteiger partial charge is 0.344 e. The number of hydrogen-bond donors (Lipinski definition) is 1. The first-order valence-electron chi connectivity index (χ1n) is 4.93. The maximum Gasteiger partial charge on any atom is 0.226 e. The van der Waals surface area contributed by atoms with Gasteiger partial charge in [-0.25, -0.2) is 8.78 Å². The highest BCUT2D eigenvalue weighted by Crippen LogP contribution is 2.13. The predicted molar refractivity (Wildman–Crippen MR) is 56.8 cm³/mol. The van der Waals surface area contributed by atoms with Crippen molar-refractivity contribution in [1.82, 2.24) is 4.90 Å². The third kappa shape index (κ3) is 3.00. The second-order valence-electron chi connectivity index (χ2n) is 3.48. The quantitative estimate of drug-likeness (QED) is 0.833. The number of amides is 1. The van der Waals surface area contributed by atoms with Crippen LogP contribution < -0.4 is 5.73 Å². The van der Waals surface area contributed by atoms with Gasteiger partial charge >= 0.3 is 0 Å². The summed E-state index contributed by atoms with van der Waals surface area (Å²) in [6, 6.07) is 3.53. The zero-order valence-electron chi connectivity index (χ0n) is 9.04. The maximum absolute atomic E-state index is 13.2. The molecule has 0 aliphatic heterocycles. The van der Waals surface area contributed by atoms with Gasteiger partial charge in [0.15, 0.2) is 0 Å². The Morgan fingerprint density at radius 1 is 1.38 bits per heavy atom. The van der Waals surface area contributed by atoms with Crippen molar-refractivity contribution in [2.24, 2.45) is 5.73 Å². The Bertz CT molecular complexity index is 362. The number of hydrogen-bond acceptors (Lipinski definition) is 2. The zero-order valence-corrected chi connectivity index (χ0v) is 9.04. The van der Waals surface area contributed by atoms with E-state index in [4.69, 9.17) is 5.73 Å². The monoisotopic (exact) mass is 228 g/mol. The van der Waals surface area contributed by atoms with Gasteiger partial charge in [0.2, 0.25) is 5.91 Å². The van der Waals surface area contributed by atoms with Crippen LogP contribution in [0, 0.1) is 11.6 Å². The topological polar surface area (TPSA) is 46.3 Å². The Balaban J connectivity index is 2.77. The van der Waals surface area contributed by atoms with Crippen LogP contribution in [0.5, 0.6) is 0 Å².